The molecule has 1 rings (SSSR count). The molecule has 0 fully saturated rings. The molecule has 1 aromatic rings. The predicted molar refractivity (Wildman–Crippen MR) is 83.7 cm³/mol. The van der Waals surface area contributed by atoms with E-state index in [0.717, 1.165) is 23.0 Å². The number of amides is 2. The van der Waals surface area contributed by atoms with Gasteiger partial charge in [0.1, 0.15) is 0 Å². The Labute approximate surface area is 127 Å². The molecule has 2 amide bonds. The van der Waals surface area contributed by atoms with Gasteiger partial charge in [0, 0.05) is 16.7 Å². The third-order valence-electron chi connectivity index (χ3n) is 2.71. The molecule has 0 aliphatic carbocycles. The normalized spacial score (nSPS) is 10.4. The first-order chi connectivity index (χ1) is 9.40. The van der Waals surface area contributed by atoms with Gasteiger partial charge in [-0.3, -0.25) is 9.59 Å². The monoisotopic (exact) mass is 341 g/mol. The van der Waals surface area contributed by atoms with Crippen LogP contribution in [0.5, 0.6) is 0 Å². The largest absolute Gasteiger partial charge is 0.348 e. The zero-order valence-corrected chi connectivity index (χ0v) is 13.6. The SMILES string of the molecule is Cc1cc(Br)ccc1NC(=O)C(=O)NCCCN(C)C. The molecule has 6 heteroatoms. The van der Waals surface area contributed by atoms with Crippen LogP contribution in [0.15, 0.2) is 22.7 Å². The van der Waals surface area contributed by atoms with Gasteiger partial charge in [-0.05, 0) is 57.7 Å². The maximum absolute atomic E-state index is 11.7. The van der Waals surface area contributed by atoms with E-state index in [1.807, 2.05) is 38.1 Å². The maximum Gasteiger partial charge on any atom is 0.313 e. The van der Waals surface area contributed by atoms with Crippen LogP contribution in [0, 0.1) is 6.92 Å². The van der Waals surface area contributed by atoms with Crippen molar-refractivity contribution < 1.29 is 9.59 Å². The summed E-state index contributed by atoms with van der Waals surface area (Å²) < 4.78 is 0.932. The topological polar surface area (TPSA) is 61.4 Å². The molecule has 5 nitrogen and oxygen atoms in total. The van der Waals surface area contributed by atoms with Crippen LogP contribution < -0.4 is 10.6 Å². The average molecular weight is 342 g/mol. The Morgan fingerprint density at radius 1 is 1.25 bits per heavy atom. The highest BCUT2D eigenvalue weighted by Crippen LogP contribution is 2.19. The van der Waals surface area contributed by atoms with Gasteiger partial charge in [0.05, 0.1) is 0 Å². The molecule has 0 heterocycles. The van der Waals surface area contributed by atoms with Crippen LogP contribution >= 0.6 is 15.9 Å². The highest BCUT2D eigenvalue weighted by Gasteiger charge is 2.13. The van der Waals surface area contributed by atoms with Gasteiger partial charge in [0.25, 0.3) is 0 Å². The van der Waals surface area contributed by atoms with E-state index in [2.05, 4.69) is 26.6 Å². The van der Waals surface area contributed by atoms with Crippen molar-refractivity contribution in [2.75, 3.05) is 32.5 Å². The Bertz CT molecular complexity index is 489. The van der Waals surface area contributed by atoms with E-state index in [1.165, 1.54) is 0 Å². The molecule has 2 N–H and O–H groups in total. The maximum atomic E-state index is 11.7. The summed E-state index contributed by atoms with van der Waals surface area (Å²) in [7, 11) is 3.93. The zero-order valence-electron chi connectivity index (χ0n) is 12.0. The van der Waals surface area contributed by atoms with Gasteiger partial charge in [-0.2, -0.15) is 0 Å². The van der Waals surface area contributed by atoms with Gasteiger partial charge in [-0.1, -0.05) is 15.9 Å². The Hall–Kier alpha value is -1.40. The molecule has 0 aromatic heterocycles. The fourth-order valence-electron chi connectivity index (χ4n) is 1.62. The first-order valence-electron chi connectivity index (χ1n) is 6.40. The smallest absolute Gasteiger partial charge is 0.313 e. The van der Waals surface area contributed by atoms with E-state index in [9.17, 15) is 9.59 Å². The second-order valence-electron chi connectivity index (χ2n) is 4.83. The number of benzene rings is 1. The van der Waals surface area contributed by atoms with E-state index in [4.69, 9.17) is 0 Å². The van der Waals surface area contributed by atoms with Crippen LogP contribution in [0.4, 0.5) is 5.69 Å². The molecule has 0 bridgehead atoms. The predicted octanol–water partition coefficient (Wildman–Crippen LogP) is 1.76. The van der Waals surface area contributed by atoms with Crippen LogP contribution in [0.25, 0.3) is 0 Å². The number of aryl methyl sites for hydroxylation is 1. The molecule has 0 saturated carbocycles. The molecule has 110 valence electrons. The summed E-state index contributed by atoms with van der Waals surface area (Å²) in [5.74, 6) is -1.24. The van der Waals surface area contributed by atoms with Crippen molar-refractivity contribution >= 4 is 33.4 Å². The van der Waals surface area contributed by atoms with Crippen molar-refractivity contribution in [3.63, 3.8) is 0 Å². The Balaban J connectivity index is 2.43. The van der Waals surface area contributed by atoms with E-state index in [0.29, 0.717) is 12.2 Å². The van der Waals surface area contributed by atoms with E-state index in [1.54, 1.807) is 6.07 Å². The number of halogens is 1. The van der Waals surface area contributed by atoms with Crippen molar-refractivity contribution in [1.29, 1.82) is 0 Å². The Morgan fingerprint density at radius 2 is 1.95 bits per heavy atom. The number of carbonyl (C=O) groups excluding carboxylic acids is 2. The summed E-state index contributed by atoms with van der Waals surface area (Å²) in [5, 5.41) is 5.21. The molecule has 20 heavy (non-hydrogen) atoms. The van der Waals surface area contributed by atoms with Crippen molar-refractivity contribution in [3.05, 3.63) is 28.2 Å². The van der Waals surface area contributed by atoms with Crippen molar-refractivity contribution in [1.82, 2.24) is 10.2 Å². The number of hydrogen-bond acceptors (Lipinski definition) is 3. The van der Waals surface area contributed by atoms with E-state index in [-0.39, 0.29) is 0 Å². The van der Waals surface area contributed by atoms with Crippen molar-refractivity contribution in [2.45, 2.75) is 13.3 Å². The number of nitrogens with one attached hydrogen (secondary N) is 2. The molecule has 0 saturated heterocycles. The summed E-state index contributed by atoms with van der Waals surface area (Å²) in [6.07, 6.45) is 0.809. The van der Waals surface area contributed by atoms with Crippen LogP contribution in [0.3, 0.4) is 0 Å². The van der Waals surface area contributed by atoms with Gasteiger partial charge in [0.15, 0.2) is 0 Å². The van der Waals surface area contributed by atoms with Crippen molar-refractivity contribution in [2.24, 2.45) is 0 Å². The number of nitrogens with zero attached hydrogens (tertiary/aromatic N) is 1. The highest BCUT2D eigenvalue weighted by atomic mass is 79.9. The lowest BCUT2D eigenvalue weighted by molar-refractivity contribution is -0.136. The minimum Gasteiger partial charge on any atom is -0.348 e. The molecule has 1 aromatic carbocycles. The standard InChI is InChI=1S/C14H20BrN3O2/c1-10-9-11(15)5-6-12(10)17-14(20)13(19)16-7-4-8-18(2)3/h5-6,9H,4,7-8H2,1-3H3,(H,16,19)(H,17,20). The van der Waals surface area contributed by atoms with Gasteiger partial charge in [0.2, 0.25) is 0 Å². The minimum absolute atomic E-state index is 0.490. The second kappa shape index (κ2) is 8.01. The molecular formula is C14H20BrN3O2. The number of anilines is 1. The lowest BCUT2D eigenvalue weighted by Gasteiger charge is -2.11. The average Bonchev–Trinajstić information content (AvgIpc) is 2.37. The minimum atomic E-state index is -0.639. The summed E-state index contributed by atoms with van der Waals surface area (Å²) in [5.41, 5.74) is 1.54. The third kappa shape index (κ3) is 5.71. The number of carbonyl (C=O) groups is 2. The first-order valence-corrected chi connectivity index (χ1v) is 7.19. The van der Waals surface area contributed by atoms with Gasteiger partial charge < -0.3 is 15.5 Å². The summed E-state index contributed by atoms with van der Waals surface area (Å²) >= 11 is 3.35. The fourth-order valence-corrected chi connectivity index (χ4v) is 2.10. The third-order valence-corrected chi connectivity index (χ3v) is 3.20. The van der Waals surface area contributed by atoms with Gasteiger partial charge in [-0.25, -0.2) is 0 Å². The van der Waals surface area contributed by atoms with E-state index >= 15 is 0 Å². The van der Waals surface area contributed by atoms with Crippen LogP contribution in [0.1, 0.15) is 12.0 Å². The molecule has 0 atom stereocenters. The summed E-state index contributed by atoms with van der Waals surface area (Å²) in [6.45, 7) is 3.23. The lowest BCUT2D eigenvalue weighted by atomic mass is 10.2. The molecular weight excluding hydrogens is 322 g/mol. The summed E-state index contributed by atoms with van der Waals surface area (Å²) in [6, 6.07) is 5.46. The van der Waals surface area contributed by atoms with Gasteiger partial charge >= 0.3 is 11.8 Å². The van der Waals surface area contributed by atoms with E-state index < -0.39 is 11.8 Å². The zero-order chi connectivity index (χ0) is 15.1. The Morgan fingerprint density at radius 3 is 2.55 bits per heavy atom. The fraction of sp³-hybridized carbons (Fsp3) is 0.429. The molecule has 0 radical (unpaired) electrons. The van der Waals surface area contributed by atoms with Gasteiger partial charge in [-0.15, -0.1) is 0 Å². The molecule has 0 spiro atoms. The van der Waals surface area contributed by atoms with Crippen LogP contribution in [-0.2, 0) is 9.59 Å². The Kier molecular flexibility index (Phi) is 6.67. The first kappa shape index (κ1) is 16.7. The molecule has 0 aliphatic rings. The molecule has 0 aliphatic heterocycles. The lowest BCUT2D eigenvalue weighted by Crippen LogP contribution is -2.36. The number of rotatable bonds is 5. The van der Waals surface area contributed by atoms with Crippen LogP contribution in [-0.4, -0.2) is 43.9 Å². The highest BCUT2D eigenvalue weighted by molar-refractivity contribution is 9.10. The molecule has 0 unspecified atom stereocenters. The summed E-state index contributed by atoms with van der Waals surface area (Å²) in [4.78, 5) is 25.4. The number of hydrogen-bond donors (Lipinski definition) is 2. The second-order valence-corrected chi connectivity index (χ2v) is 5.74. The van der Waals surface area contributed by atoms with Crippen molar-refractivity contribution in [3.8, 4) is 0 Å². The van der Waals surface area contributed by atoms with Crippen LogP contribution in [0.2, 0.25) is 0 Å². The quantitative estimate of drug-likeness (QED) is 0.633.